The van der Waals surface area contributed by atoms with Gasteiger partial charge in [0, 0.05) is 42.3 Å². The number of fused-ring (bicyclic) bond motifs is 1. The lowest BCUT2D eigenvalue weighted by Gasteiger charge is -2.36. The van der Waals surface area contributed by atoms with Crippen LogP contribution in [0.1, 0.15) is 10.4 Å². The Labute approximate surface area is 144 Å². The molecule has 0 radical (unpaired) electrons. The number of hydrogen-bond donors (Lipinski definition) is 1. The maximum Gasteiger partial charge on any atom is 0.256 e. The van der Waals surface area contributed by atoms with Gasteiger partial charge in [0.1, 0.15) is 0 Å². The summed E-state index contributed by atoms with van der Waals surface area (Å²) in [5, 5.41) is 8.65. The molecule has 0 bridgehead atoms. The van der Waals surface area contributed by atoms with Gasteiger partial charge in [-0.15, -0.1) is 0 Å². The first-order valence-corrected chi connectivity index (χ1v) is 8.32. The third kappa shape index (κ3) is 2.71. The van der Waals surface area contributed by atoms with Gasteiger partial charge in [-0.1, -0.05) is 29.8 Å². The number of benzene rings is 2. The Balaban J connectivity index is 1.49. The van der Waals surface area contributed by atoms with Gasteiger partial charge in [-0.3, -0.25) is 9.89 Å². The fourth-order valence-electron chi connectivity index (χ4n) is 3.16. The lowest BCUT2D eigenvalue weighted by atomic mass is 10.1. The molecule has 4 rings (SSSR count). The molecule has 6 heteroatoms. The molecule has 1 N–H and O–H groups in total. The molecule has 0 spiro atoms. The first-order valence-electron chi connectivity index (χ1n) is 7.94. The van der Waals surface area contributed by atoms with E-state index in [-0.39, 0.29) is 5.91 Å². The quantitative estimate of drug-likeness (QED) is 0.779. The van der Waals surface area contributed by atoms with Gasteiger partial charge in [0.2, 0.25) is 0 Å². The number of nitrogens with zero attached hydrogens (tertiary/aromatic N) is 3. The third-order valence-electron chi connectivity index (χ3n) is 4.45. The van der Waals surface area contributed by atoms with Crippen LogP contribution in [0, 0.1) is 0 Å². The number of carbonyl (C=O) groups excluding carboxylic acids is 1. The van der Waals surface area contributed by atoms with Crippen molar-refractivity contribution in [3.63, 3.8) is 0 Å². The van der Waals surface area contributed by atoms with E-state index in [2.05, 4.69) is 21.2 Å². The van der Waals surface area contributed by atoms with Crippen LogP contribution in [0.25, 0.3) is 10.9 Å². The molecule has 0 aliphatic carbocycles. The molecule has 3 aromatic rings. The summed E-state index contributed by atoms with van der Waals surface area (Å²) in [5.41, 5.74) is 2.59. The molecule has 5 nitrogen and oxygen atoms in total. The number of anilines is 1. The second kappa shape index (κ2) is 6.17. The highest BCUT2D eigenvalue weighted by molar-refractivity contribution is 6.30. The van der Waals surface area contributed by atoms with E-state index < -0.39 is 0 Å². The van der Waals surface area contributed by atoms with Gasteiger partial charge in [-0.25, -0.2) is 0 Å². The van der Waals surface area contributed by atoms with Crippen LogP contribution in [0.15, 0.2) is 48.7 Å². The lowest BCUT2D eigenvalue weighted by Crippen LogP contribution is -2.48. The van der Waals surface area contributed by atoms with Crippen LogP contribution in [-0.4, -0.2) is 47.2 Å². The number of rotatable bonds is 2. The number of halogens is 1. The highest BCUT2D eigenvalue weighted by Gasteiger charge is 2.24. The summed E-state index contributed by atoms with van der Waals surface area (Å²) >= 11 is 6.07. The van der Waals surface area contributed by atoms with Crippen LogP contribution in [0.5, 0.6) is 0 Å². The van der Waals surface area contributed by atoms with E-state index in [1.807, 2.05) is 41.3 Å². The minimum atomic E-state index is 0.0515. The SMILES string of the molecule is O=C(c1cccc2cn[nH]c12)N1CCN(c2cccc(Cl)c2)CC1. The van der Waals surface area contributed by atoms with Gasteiger partial charge in [0.15, 0.2) is 0 Å². The Morgan fingerprint density at radius 3 is 2.67 bits per heavy atom. The van der Waals surface area contributed by atoms with Gasteiger partial charge >= 0.3 is 0 Å². The van der Waals surface area contributed by atoms with Gasteiger partial charge in [0.05, 0.1) is 17.3 Å². The smallest absolute Gasteiger partial charge is 0.256 e. The minimum Gasteiger partial charge on any atom is -0.368 e. The van der Waals surface area contributed by atoms with Crippen molar-refractivity contribution in [3.8, 4) is 0 Å². The van der Waals surface area contributed by atoms with E-state index in [4.69, 9.17) is 11.6 Å². The molecule has 24 heavy (non-hydrogen) atoms. The Hall–Kier alpha value is -2.53. The number of nitrogens with one attached hydrogen (secondary N) is 1. The van der Waals surface area contributed by atoms with Gasteiger partial charge < -0.3 is 9.80 Å². The molecule has 0 saturated carbocycles. The van der Waals surface area contributed by atoms with Gasteiger partial charge in [-0.2, -0.15) is 5.10 Å². The topological polar surface area (TPSA) is 52.2 Å². The summed E-state index contributed by atoms with van der Waals surface area (Å²) in [6, 6.07) is 13.5. The van der Waals surface area contributed by atoms with Crippen LogP contribution < -0.4 is 4.90 Å². The van der Waals surface area contributed by atoms with E-state index >= 15 is 0 Å². The van der Waals surface area contributed by atoms with Crippen LogP contribution in [0.4, 0.5) is 5.69 Å². The zero-order valence-electron chi connectivity index (χ0n) is 13.1. The molecule has 1 saturated heterocycles. The second-order valence-electron chi connectivity index (χ2n) is 5.90. The molecule has 1 aliphatic heterocycles. The molecular formula is C18H17ClN4O. The largest absolute Gasteiger partial charge is 0.368 e. The monoisotopic (exact) mass is 340 g/mol. The van der Waals surface area contributed by atoms with Crippen molar-refractivity contribution in [2.24, 2.45) is 0 Å². The van der Waals surface area contributed by atoms with Crippen LogP contribution in [0.3, 0.4) is 0 Å². The molecule has 1 aromatic heterocycles. The molecule has 1 fully saturated rings. The molecule has 1 aliphatic rings. The average Bonchev–Trinajstić information content (AvgIpc) is 3.10. The van der Waals surface area contributed by atoms with E-state index in [0.717, 1.165) is 34.7 Å². The van der Waals surface area contributed by atoms with E-state index in [1.54, 1.807) is 6.20 Å². The highest BCUT2D eigenvalue weighted by atomic mass is 35.5. The van der Waals surface area contributed by atoms with Crippen molar-refractivity contribution in [2.75, 3.05) is 31.1 Å². The summed E-state index contributed by atoms with van der Waals surface area (Å²) in [7, 11) is 0. The first-order chi connectivity index (χ1) is 11.7. The second-order valence-corrected chi connectivity index (χ2v) is 6.34. The van der Waals surface area contributed by atoms with E-state index in [9.17, 15) is 4.79 Å². The van der Waals surface area contributed by atoms with Crippen molar-refractivity contribution in [2.45, 2.75) is 0 Å². The molecule has 2 heterocycles. The maximum absolute atomic E-state index is 12.8. The fraction of sp³-hybridized carbons (Fsp3) is 0.222. The summed E-state index contributed by atoms with van der Waals surface area (Å²) < 4.78 is 0. The standard InChI is InChI=1S/C18H17ClN4O/c19-14-4-2-5-15(11-14)22-7-9-23(10-8-22)18(24)16-6-1-3-13-12-20-21-17(13)16/h1-6,11-12H,7-10H2,(H,20,21). The van der Waals surface area contributed by atoms with Crippen molar-refractivity contribution < 1.29 is 4.79 Å². The Kier molecular flexibility index (Phi) is 3.86. The summed E-state index contributed by atoms with van der Waals surface area (Å²) in [4.78, 5) is 17.0. The predicted octanol–water partition coefficient (Wildman–Crippen LogP) is 3.18. The summed E-state index contributed by atoms with van der Waals surface area (Å²) in [6.45, 7) is 2.97. The highest BCUT2D eigenvalue weighted by Crippen LogP contribution is 2.22. The molecule has 1 amide bonds. The molecule has 2 aromatic carbocycles. The van der Waals surface area contributed by atoms with Crippen molar-refractivity contribution in [3.05, 3.63) is 59.2 Å². The van der Waals surface area contributed by atoms with Crippen LogP contribution in [-0.2, 0) is 0 Å². The molecule has 122 valence electrons. The number of amides is 1. The molecular weight excluding hydrogens is 324 g/mol. The summed E-state index contributed by atoms with van der Waals surface area (Å²) in [5.74, 6) is 0.0515. The van der Waals surface area contributed by atoms with E-state index in [0.29, 0.717) is 18.7 Å². The summed E-state index contributed by atoms with van der Waals surface area (Å²) in [6.07, 6.45) is 1.74. The van der Waals surface area contributed by atoms with Gasteiger partial charge in [0.25, 0.3) is 5.91 Å². The molecule has 0 unspecified atom stereocenters. The number of aromatic amines is 1. The number of hydrogen-bond acceptors (Lipinski definition) is 3. The number of piperazine rings is 1. The predicted molar refractivity (Wildman–Crippen MR) is 95.7 cm³/mol. The zero-order valence-corrected chi connectivity index (χ0v) is 13.8. The van der Waals surface area contributed by atoms with Crippen molar-refractivity contribution in [1.29, 1.82) is 0 Å². The zero-order chi connectivity index (χ0) is 16.5. The Morgan fingerprint density at radius 1 is 1.08 bits per heavy atom. The van der Waals surface area contributed by atoms with Crippen LogP contribution >= 0.6 is 11.6 Å². The number of H-pyrrole nitrogens is 1. The number of aromatic nitrogens is 2. The third-order valence-corrected chi connectivity index (χ3v) is 4.68. The normalized spacial score (nSPS) is 15.0. The van der Waals surface area contributed by atoms with Crippen molar-refractivity contribution in [1.82, 2.24) is 15.1 Å². The minimum absolute atomic E-state index is 0.0515. The lowest BCUT2D eigenvalue weighted by molar-refractivity contribution is 0.0748. The average molecular weight is 341 g/mol. The Bertz CT molecular complexity index is 883. The van der Waals surface area contributed by atoms with Crippen LogP contribution in [0.2, 0.25) is 5.02 Å². The maximum atomic E-state index is 12.8. The van der Waals surface area contributed by atoms with Crippen molar-refractivity contribution >= 4 is 34.1 Å². The number of carbonyl (C=O) groups is 1. The Morgan fingerprint density at radius 2 is 1.88 bits per heavy atom. The number of para-hydroxylation sites is 1. The van der Waals surface area contributed by atoms with Gasteiger partial charge in [-0.05, 0) is 24.3 Å². The fourth-order valence-corrected chi connectivity index (χ4v) is 3.34. The first kappa shape index (κ1) is 15.0. The molecule has 0 atom stereocenters. The van der Waals surface area contributed by atoms with E-state index in [1.165, 1.54) is 0 Å².